The van der Waals surface area contributed by atoms with Gasteiger partial charge in [0.1, 0.15) is 35.9 Å². The molecule has 1 aromatic rings. The number of hydrogen-bond donors (Lipinski definition) is 3. The van der Waals surface area contributed by atoms with E-state index in [0.29, 0.717) is 11.5 Å². The highest BCUT2D eigenvalue weighted by Gasteiger charge is 2.46. The van der Waals surface area contributed by atoms with E-state index in [1.807, 2.05) is 0 Å². The van der Waals surface area contributed by atoms with Gasteiger partial charge in [-0.25, -0.2) is 0 Å². The van der Waals surface area contributed by atoms with Crippen molar-refractivity contribution in [3.8, 4) is 11.5 Å². The van der Waals surface area contributed by atoms with E-state index in [0.717, 1.165) is 0 Å². The predicted molar refractivity (Wildman–Crippen MR) is 103 cm³/mol. The lowest BCUT2D eigenvalue weighted by Gasteiger charge is -2.42. The van der Waals surface area contributed by atoms with Crippen LogP contribution in [0.3, 0.4) is 0 Å². The maximum atomic E-state index is 10.3. The summed E-state index contributed by atoms with van der Waals surface area (Å²) in [6.07, 6.45) is -5.97. The third-order valence-electron chi connectivity index (χ3n) is 5.39. The van der Waals surface area contributed by atoms with E-state index in [4.69, 9.17) is 18.6 Å². The Kier molecular flexibility index (Phi) is 6.94. The lowest BCUT2D eigenvalue weighted by molar-refractivity contribution is -0.276. The average molecular weight is 401 g/mol. The molecule has 1 fully saturated rings. The van der Waals surface area contributed by atoms with Crippen LogP contribution >= 0.6 is 0 Å². The predicted octanol–water partition coefficient (Wildman–Crippen LogP) is 1.90. The molecule has 1 aliphatic heterocycles. The zero-order chi connectivity index (χ0) is 20.4. The molecule has 0 bridgehead atoms. The maximum Gasteiger partial charge on any atom is 0.229 e. The Balaban J connectivity index is 2.06. The SMILES string of the molecule is COc1ccc(O[C@@H]2O[C@H](CO[Si](C)(C)C(C)(C)C)[C@H](O)[C@H](O)[C@H]2O)cc1. The van der Waals surface area contributed by atoms with Crippen LogP contribution in [-0.4, -0.2) is 68.1 Å². The number of benzene rings is 1. The van der Waals surface area contributed by atoms with Gasteiger partial charge in [-0.2, -0.15) is 0 Å². The molecule has 0 spiro atoms. The van der Waals surface area contributed by atoms with Crippen LogP contribution in [0.15, 0.2) is 24.3 Å². The Labute approximate surface area is 162 Å². The van der Waals surface area contributed by atoms with E-state index >= 15 is 0 Å². The van der Waals surface area contributed by atoms with Crippen LogP contribution in [0.1, 0.15) is 20.8 Å². The number of aliphatic hydroxyl groups is 3. The van der Waals surface area contributed by atoms with Gasteiger partial charge < -0.3 is 34.0 Å². The minimum absolute atomic E-state index is 0.00372. The number of aliphatic hydroxyl groups excluding tert-OH is 3. The van der Waals surface area contributed by atoms with Crippen molar-refractivity contribution in [1.82, 2.24) is 0 Å². The molecule has 1 saturated heterocycles. The second-order valence-electron chi connectivity index (χ2n) is 8.38. The van der Waals surface area contributed by atoms with Crippen LogP contribution in [0.5, 0.6) is 11.5 Å². The highest BCUT2D eigenvalue weighted by atomic mass is 28.4. The zero-order valence-electron chi connectivity index (χ0n) is 16.9. The lowest BCUT2D eigenvalue weighted by Crippen LogP contribution is -2.61. The van der Waals surface area contributed by atoms with E-state index < -0.39 is 39.0 Å². The molecule has 0 unspecified atom stereocenters. The molecule has 1 aliphatic rings. The van der Waals surface area contributed by atoms with Gasteiger partial charge in [-0.05, 0) is 42.4 Å². The van der Waals surface area contributed by atoms with Crippen molar-refractivity contribution >= 4 is 8.32 Å². The summed E-state index contributed by atoms with van der Waals surface area (Å²) in [5, 5.41) is 30.7. The van der Waals surface area contributed by atoms with Gasteiger partial charge in [0.05, 0.1) is 13.7 Å². The van der Waals surface area contributed by atoms with E-state index in [2.05, 4.69) is 33.9 Å². The number of hydrogen-bond acceptors (Lipinski definition) is 7. The van der Waals surface area contributed by atoms with Crippen molar-refractivity contribution in [1.29, 1.82) is 0 Å². The molecule has 7 nitrogen and oxygen atoms in total. The minimum atomic E-state index is -2.05. The number of ether oxygens (including phenoxy) is 3. The zero-order valence-corrected chi connectivity index (χ0v) is 17.9. The van der Waals surface area contributed by atoms with E-state index in [1.165, 1.54) is 0 Å². The molecule has 0 amide bonds. The standard InChI is InChI=1S/C19H32O7Si/c1-19(2,3)27(5,6)24-11-14-15(20)16(21)17(22)18(26-14)25-13-9-7-12(23-4)8-10-13/h7-10,14-18,20-22H,11H2,1-6H3/t14-,15+,16+,17-,18-/m1/s1. The van der Waals surface area contributed by atoms with Gasteiger partial charge >= 0.3 is 0 Å². The first kappa shape index (κ1) is 22.1. The largest absolute Gasteiger partial charge is 0.497 e. The van der Waals surface area contributed by atoms with Crippen LogP contribution in [0, 0.1) is 0 Å². The second-order valence-corrected chi connectivity index (χ2v) is 13.2. The van der Waals surface area contributed by atoms with Crippen LogP contribution in [0.4, 0.5) is 0 Å². The normalized spacial score (nSPS) is 29.4. The summed E-state index contributed by atoms with van der Waals surface area (Å²) in [6, 6.07) is 6.78. The van der Waals surface area contributed by atoms with Crippen LogP contribution < -0.4 is 9.47 Å². The molecule has 2 rings (SSSR count). The fourth-order valence-electron chi connectivity index (χ4n) is 2.45. The van der Waals surface area contributed by atoms with Crippen LogP contribution in [0.2, 0.25) is 18.1 Å². The smallest absolute Gasteiger partial charge is 0.229 e. The molecule has 0 aromatic heterocycles. The van der Waals surface area contributed by atoms with Crippen LogP contribution in [0.25, 0.3) is 0 Å². The third-order valence-corrected chi connectivity index (χ3v) is 9.90. The molecular formula is C19H32O7Si. The first-order chi connectivity index (χ1) is 12.5. The third kappa shape index (κ3) is 5.22. The van der Waals surface area contributed by atoms with Crippen LogP contribution in [-0.2, 0) is 9.16 Å². The highest BCUT2D eigenvalue weighted by Crippen LogP contribution is 2.37. The van der Waals surface area contributed by atoms with Crippen molar-refractivity contribution in [3.05, 3.63) is 24.3 Å². The topological polar surface area (TPSA) is 97.6 Å². The molecule has 8 heteroatoms. The molecule has 1 heterocycles. The lowest BCUT2D eigenvalue weighted by atomic mass is 9.99. The molecule has 0 radical (unpaired) electrons. The number of methoxy groups -OCH3 is 1. The molecule has 0 aliphatic carbocycles. The van der Waals surface area contributed by atoms with Gasteiger partial charge in [0.25, 0.3) is 0 Å². The molecule has 1 aromatic carbocycles. The van der Waals surface area contributed by atoms with Gasteiger partial charge in [0.2, 0.25) is 6.29 Å². The fourth-order valence-corrected chi connectivity index (χ4v) is 3.46. The Morgan fingerprint density at radius 3 is 2.04 bits per heavy atom. The van der Waals surface area contributed by atoms with Gasteiger partial charge in [-0.3, -0.25) is 0 Å². The van der Waals surface area contributed by atoms with Gasteiger partial charge in [0, 0.05) is 0 Å². The average Bonchev–Trinajstić information content (AvgIpc) is 2.60. The monoisotopic (exact) mass is 400 g/mol. The summed E-state index contributed by atoms with van der Waals surface area (Å²) in [5.74, 6) is 1.12. The summed E-state index contributed by atoms with van der Waals surface area (Å²) < 4.78 is 22.6. The Hall–Kier alpha value is -1.16. The second kappa shape index (κ2) is 8.46. The Morgan fingerprint density at radius 2 is 1.52 bits per heavy atom. The van der Waals surface area contributed by atoms with E-state index in [1.54, 1.807) is 31.4 Å². The van der Waals surface area contributed by atoms with Gasteiger partial charge in [-0.1, -0.05) is 20.8 Å². The highest BCUT2D eigenvalue weighted by molar-refractivity contribution is 6.74. The summed E-state index contributed by atoms with van der Waals surface area (Å²) in [5.41, 5.74) is 0. The first-order valence-corrected chi connectivity index (χ1v) is 12.0. The minimum Gasteiger partial charge on any atom is -0.497 e. The van der Waals surface area contributed by atoms with Crippen molar-refractivity contribution in [2.75, 3.05) is 13.7 Å². The van der Waals surface area contributed by atoms with Crippen molar-refractivity contribution in [2.24, 2.45) is 0 Å². The Bertz CT molecular complexity index is 599. The van der Waals surface area contributed by atoms with E-state index in [-0.39, 0.29) is 11.6 Å². The summed E-state index contributed by atoms with van der Waals surface area (Å²) in [7, 11) is -0.490. The summed E-state index contributed by atoms with van der Waals surface area (Å²) >= 11 is 0. The van der Waals surface area contributed by atoms with Gasteiger partial charge in [-0.15, -0.1) is 0 Å². The fraction of sp³-hybridized carbons (Fsp3) is 0.684. The van der Waals surface area contributed by atoms with Crippen molar-refractivity contribution < 1.29 is 34.0 Å². The first-order valence-electron chi connectivity index (χ1n) is 9.10. The molecule has 0 saturated carbocycles. The number of rotatable bonds is 6. The molecule has 5 atom stereocenters. The summed E-state index contributed by atoms with van der Waals surface area (Å²) in [6.45, 7) is 10.7. The van der Waals surface area contributed by atoms with Crippen molar-refractivity contribution in [2.45, 2.75) is 69.6 Å². The molecular weight excluding hydrogens is 368 g/mol. The van der Waals surface area contributed by atoms with Gasteiger partial charge in [0.15, 0.2) is 8.32 Å². The summed E-state index contributed by atoms with van der Waals surface area (Å²) in [4.78, 5) is 0. The molecule has 3 N–H and O–H groups in total. The quantitative estimate of drug-likeness (QED) is 0.628. The Morgan fingerprint density at radius 1 is 0.963 bits per heavy atom. The van der Waals surface area contributed by atoms with E-state index in [9.17, 15) is 15.3 Å². The maximum absolute atomic E-state index is 10.3. The molecule has 154 valence electrons. The van der Waals surface area contributed by atoms with Crippen molar-refractivity contribution in [3.63, 3.8) is 0 Å². The molecule has 27 heavy (non-hydrogen) atoms.